The zero-order chi connectivity index (χ0) is 20.0. The molecule has 0 aliphatic carbocycles. The highest BCUT2D eigenvalue weighted by atomic mass is 16.5. The van der Waals surface area contributed by atoms with Crippen molar-refractivity contribution in [3.8, 4) is 11.5 Å². The van der Waals surface area contributed by atoms with E-state index in [4.69, 9.17) is 9.47 Å². The van der Waals surface area contributed by atoms with Gasteiger partial charge in [0.1, 0.15) is 6.54 Å². The topological polar surface area (TPSA) is 52.0 Å². The Bertz CT molecular complexity index is 764. The summed E-state index contributed by atoms with van der Waals surface area (Å²) < 4.78 is 10.8. The maximum Gasteiger partial charge on any atom is 0.279 e. The van der Waals surface area contributed by atoms with Gasteiger partial charge in [-0.2, -0.15) is 0 Å². The van der Waals surface area contributed by atoms with E-state index in [1.165, 1.54) is 5.56 Å². The van der Waals surface area contributed by atoms with Crippen LogP contribution in [-0.4, -0.2) is 33.7 Å². The fraction of sp³-hybridized carbons (Fsp3) is 0.409. The first kappa shape index (κ1) is 20.8. The Morgan fingerprint density at radius 1 is 1.04 bits per heavy atom. The molecule has 5 nitrogen and oxygen atoms in total. The van der Waals surface area contributed by atoms with Gasteiger partial charge in [-0.1, -0.05) is 39.0 Å². The molecule has 1 atom stereocenters. The van der Waals surface area contributed by atoms with Crippen molar-refractivity contribution in [3.63, 3.8) is 0 Å². The van der Waals surface area contributed by atoms with Crippen LogP contribution in [0.15, 0.2) is 42.5 Å². The van der Waals surface area contributed by atoms with E-state index in [1.807, 2.05) is 37.4 Å². The van der Waals surface area contributed by atoms with Crippen molar-refractivity contribution in [1.82, 2.24) is 0 Å². The average Bonchev–Trinajstić information content (AvgIpc) is 2.60. The highest BCUT2D eigenvalue weighted by molar-refractivity contribution is 5.91. The molecule has 5 heteroatoms. The Morgan fingerprint density at radius 2 is 1.70 bits per heavy atom. The molecule has 0 saturated heterocycles. The molecule has 0 aromatic heterocycles. The highest BCUT2D eigenvalue weighted by Crippen LogP contribution is 2.30. The molecule has 146 valence electrons. The number of anilines is 1. The lowest BCUT2D eigenvalue weighted by atomic mass is 9.87. The van der Waals surface area contributed by atoms with E-state index in [-0.39, 0.29) is 11.3 Å². The SMILES string of the molecule is COc1cccc(C[NH+](C)CC(=O)Nc2ccc(C(C)(C)C)cc2)c1OC. The molecule has 0 saturated carbocycles. The molecule has 27 heavy (non-hydrogen) atoms. The van der Waals surface area contributed by atoms with Crippen molar-refractivity contribution < 1.29 is 19.2 Å². The zero-order valence-electron chi connectivity index (χ0n) is 17.2. The molecule has 2 aromatic rings. The minimum absolute atomic E-state index is 0.0159. The summed E-state index contributed by atoms with van der Waals surface area (Å²) in [5, 5.41) is 2.97. The minimum Gasteiger partial charge on any atom is -0.493 e. The zero-order valence-corrected chi connectivity index (χ0v) is 17.2. The number of hydrogen-bond donors (Lipinski definition) is 2. The third-order valence-corrected chi connectivity index (χ3v) is 4.47. The maximum absolute atomic E-state index is 12.4. The Morgan fingerprint density at radius 3 is 2.26 bits per heavy atom. The van der Waals surface area contributed by atoms with Gasteiger partial charge in [0.2, 0.25) is 0 Å². The van der Waals surface area contributed by atoms with Crippen molar-refractivity contribution in [2.45, 2.75) is 32.7 Å². The lowest BCUT2D eigenvalue weighted by molar-refractivity contribution is -0.885. The van der Waals surface area contributed by atoms with Gasteiger partial charge in [0.05, 0.1) is 26.8 Å². The number of methoxy groups -OCH3 is 2. The van der Waals surface area contributed by atoms with Crippen molar-refractivity contribution in [2.75, 3.05) is 33.1 Å². The fourth-order valence-corrected chi connectivity index (χ4v) is 3.01. The van der Waals surface area contributed by atoms with Crippen LogP contribution in [0.2, 0.25) is 0 Å². The first-order valence-electron chi connectivity index (χ1n) is 9.16. The lowest BCUT2D eigenvalue weighted by Gasteiger charge is -2.19. The third-order valence-electron chi connectivity index (χ3n) is 4.47. The summed E-state index contributed by atoms with van der Waals surface area (Å²) in [6, 6.07) is 13.8. The summed E-state index contributed by atoms with van der Waals surface area (Å²) >= 11 is 0. The van der Waals surface area contributed by atoms with E-state index in [0.717, 1.165) is 21.9 Å². The molecule has 2 N–H and O–H groups in total. The molecule has 1 unspecified atom stereocenters. The van der Waals surface area contributed by atoms with Crippen molar-refractivity contribution in [2.24, 2.45) is 0 Å². The van der Waals surface area contributed by atoms with Crippen LogP contribution in [0.1, 0.15) is 31.9 Å². The van der Waals surface area contributed by atoms with Gasteiger partial charge in [0.25, 0.3) is 5.91 Å². The molecule has 0 heterocycles. The van der Waals surface area contributed by atoms with Gasteiger partial charge in [-0.05, 0) is 35.2 Å². The predicted molar refractivity (Wildman–Crippen MR) is 109 cm³/mol. The van der Waals surface area contributed by atoms with E-state index < -0.39 is 0 Å². The number of benzene rings is 2. The number of carbonyl (C=O) groups is 1. The smallest absolute Gasteiger partial charge is 0.279 e. The van der Waals surface area contributed by atoms with Crippen molar-refractivity contribution >= 4 is 11.6 Å². The van der Waals surface area contributed by atoms with Gasteiger partial charge >= 0.3 is 0 Å². The molecule has 0 fully saturated rings. The van der Waals surface area contributed by atoms with Crippen LogP contribution >= 0.6 is 0 Å². The molecule has 2 rings (SSSR count). The summed E-state index contributed by atoms with van der Waals surface area (Å²) in [6.07, 6.45) is 0. The Labute approximate surface area is 162 Å². The van der Waals surface area contributed by atoms with Gasteiger partial charge < -0.3 is 19.7 Å². The standard InChI is InChI=1S/C22H30N2O3/c1-22(2,3)17-10-12-18(13-11-17)23-20(25)15-24(4)14-16-8-7-9-19(26-5)21(16)27-6/h7-13H,14-15H2,1-6H3,(H,23,25)/p+1. The van der Waals surface area contributed by atoms with E-state index in [9.17, 15) is 4.79 Å². The van der Waals surface area contributed by atoms with Crippen LogP contribution in [0.25, 0.3) is 0 Å². The normalized spacial score (nSPS) is 12.4. The van der Waals surface area contributed by atoms with Crippen LogP contribution < -0.4 is 19.7 Å². The van der Waals surface area contributed by atoms with Gasteiger partial charge in [-0.15, -0.1) is 0 Å². The number of rotatable bonds is 7. The number of amides is 1. The molecule has 0 bridgehead atoms. The van der Waals surface area contributed by atoms with E-state index in [2.05, 4.69) is 38.2 Å². The molecule has 0 aliphatic heterocycles. The number of likely N-dealkylation sites (N-methyl/N-ethyl adjacent to an activating group) is 1. The summed E-state index contributed by atoms with van der Waals surface area (Å²) in [4.78, 5) is 13.4. The molecular formula is C22H31N2O3+. The van der Waals surface area contributed by atoms with Gasteiger partial charge in [-0.3, -0.25) is 4.79 Å². The molecule has 2 aromatic carbocycles. The number of ether oxygens (including phenoxy) is 2. The second kappa shape index (κ2) is 8.91. The van der Waals surface area contributed by atoms with Crippen LogP contribution in [-0.2, 0) is 16.8 Å². The molecule has 1 amide bonds. The largest absolute Gasteiger partial charge is 0.493 e. The first-order chi connectivity index (χ1) is 12.7. The highest BCUT2D eigenvalue weighted by Gasteiger charge is 2.17. The summed E-state index contributed by atoms with van der Waals surface area (Å²) in [5.41, 5.74) is 3.17. The number of quaternary nitrogens is 1. The quantitative estimate of drug-likeness (QED) is 0.787. The third kappa shape index (κ3) is 5.73. The Kier molecular flexibility index (Phi) is 6.86. The van der Waals surface area contributed by atoms with Crippen LogP contribution in [0.4, 0.5) is 5.69 Å². The van der Waals surface area contributed by atoms with E-state index in [1.54, 1.807) is 14.2 Å². The van der Waals surface area contributed by atoms with Crippen molar-refractivity contribution in [1.29, 1.82) is 0 Å². The van der Waals surface area contributed by atoms with Crippen LogP contribution in [0, 0.1) is 0 Å². The number of carbonyl (C=O) groups excluding carboxylic acids is 1. The molecule has 0 radical (unpaired) electrons. The maximum atomic E-state index is 12.4. The van der Waals surface area contributed by atoms with Gasteiger partial charge in [0, 0.05) is 5.69 Å². The van der Waals surface area contributed by atoms with Gasteiger partial charge in [-0.25, -0.2) is 0 Å². The summed E-state index contributed by atoms with van der Waals surface area (Å²) in [5.74, 6) is 1.40. The summed E-state index contributed by atoms with van der Waals surface area (Å²) in [7, 11) is 5.24. The van der Waals surface area contributed by atoms with E-state index in [0.29, 0.717) is 18.8 Å². The molecule has 0 aliphatic rings. The Balaban J connectivity index is 1.96. The number of hydrogen-bond acceptors (Lipinski definition) is 3. The Hall–Kier alpha value is -2.53. The minimum atomic E-state index is -0.0159. The molecule has 0 spiro atoms. The van der Waals surface area contributed by atoms with Crippen molar-refractivity contribution in [3.05, 3.63) is 53.6 Å². The average molecular weight is 372 g/mol. The monoisotopic (exact) mass is 371 g/mol. The summed E-state index contributed by atoms with van der Waals surface area (Å²) in [6.45, 7) is 7.54. The number of para-hydroxylation sites is 1. The van der Waals surface area contributed by atoms with E-state index >= 15 is 0 Å². The van der Waals surface area contributed by atoms with Gasteiger partial charge in [0.15, 0.2) is 18.0 Å². The predicted octanol–water partition coefficient (Wildman–Crippen LogP) is 2.65. The van der Waals surface area contributed by atoms with Crippen LogP contribution in [0.5, 0.6) is 11.5 Å². The van der Waals surface area contributed by atoms with Crippen LogP contribution in [0.3, 0.4) is 0 Å². The second-order valence-corrected chi connectivity index (χ2v) is 7.84. The molecular weight excluding hydrogens is 340 g/mol. The fourth-order valence-electron chi connectivity index (χ4n) is 3.01. The second-order valence-electron chi connectivity index (χ2n) is 7.84. The lowest BCUT2D eigenvalue weighted by Crippen LogP contribution is -3.08. The first-order valence-corrected chi connectivity index (χ1v) is 9.16. The number of nitrogens with one attached hydrogen (secondary N) is 2.